The van der Waals surface area contributed by atoms with Gasteiger partial charge in [0.2, 0.25) is 5.91 Å². The number of nitro benzene ring substituents is 1. The number of ether oxygens (including phenoxy) is 1. The van der Waals surface area contributed by atoms with Crippen LogP contribution in [0, 0.1) is 22.0 Å². The van der Waals surface area contributed by atoms with Gasteiger partial charge in [-0.2, -0.15) is 0 Å². The summed E-state index contributed by atoms with van der Waals surface area (Å²) in [5, 5.41) is 10.6. The summed E-state index contributed by atoms with van der Waals surface area (Å²) in [6.07, 6.45) is 0. The average molecular weight is 362 g/mol. The van der Waals surface area contributed by atoms with Gasteiger partial charge in [-0.3, -0.25) is 19.8 Å². The zero-order chi connectivity index (χ0) is 18.3. The van der Waals surface area contributed by atoms with E-state index in [1.807, 2.05) is 20.8 Å². The Morgan fingerprint density at radius 2 is 2.00 bits per heavy atom. The molecule has 1 unspecified atom stereocenters. The van der Waals surface area contributed by atoms with Crippen LogP contribution in [0.4, 0.5) is 5.69 Å². The highest BCUT2D eigenvalue weighted by molar-refractivity contribution is 8.04. The van der Waals surface area contributed by atoms with E-state index >= 15 is 0 Å². The molecule has 0 spiro atoms. The summed E-state index contributed by atoms with van der Waals surface area (Å²) >= 11 is 1.53. The Morgan fingerprint density at radius 1 is 1.36 bits per heavy atom. The molecular formula is C17H18N2O5S. The molecule has 8 heteroatoms. The number of carbonyl (C=O) groups is 2. The van der Waals surface area contributed by atoms with Crippen molar-refractivity contribution in [2.45, 2.75) is 32.8 Å². The highest BCUT2D eigenvalue weighted by Crippen LogP contribution is 2.51. The van der Waals surface area contributed by atoms with Crippen molar-refractivity contribution in [3.63, 3.8) is 0 Å². The van der Waals surface area contributed by atoms with Gasteiger partial charge in [-0.05, 0) is 30.5 Å². The number of carbonyl (C=O) groups excluding carboxylic acids is 2. The van der Waals surface area contributed by atoms with Crippen molar-refractivity contribution in [3.05, 3.63) is 50.5 Å². The summed E-state index contributed by atoms with van der Waals surface area (Å²) in [7, 11) is 0. The van der Waals surface area contributed by atoms with E-state index in [1.54, 1.807) is 12.1 Å². The number of non-ortho nitro benzene ring substituents is 1. The van der Waals surface area contributed by atoms with Gasteiger partial charge in [-0.15, -0.1) is 11.8 Å². The number of benzene rings is 1. The lowest BCUT2D eigenvalue weighted by Crippen LogP contribution is -2.59. The highest BCUT2D eigenvalue weighted by atomic mass is 32.2. The van der Waals surface area contributed by atoms with E-state index in [0.717, 1.165) is 4.91 Å². The molecule has 2 aliphatic heterocycles. The molecule has 25 heavy (non-hydrogen) atoms. The molecule has 0 saturated carbocycles. The fraction of sp³-hybridized carbons (Fsp3) is 0.412. The lowest BCUT2D eigenvalue weighted by Gasteiger charge is -2.44. The summed E-state index contributed by atoms with van der Waals surface area (Å²) in [4.78, 5) is 37.2. The average Bonchev–Trinajstić information content (AvgIpc) is 2.85. The summed E-state index contributed by atoms with van der Waals surface area (Å²) in [6, 6.07) is 5.81. The van der Waals surface area contributed by atoms with Crippen LogP contribution in [0.15, 0.2) is 34.9 Å². The van der Waals surface area contributed by atoms with Crippen molar-refractivity contribution in [3.8, 4) is 0 Å². The first-order chi connectivity index (χ1) is 11.8. The zero-order valence-corrected chi connectivity index (χ0v) is 14.9. The third kappa shape index (κ3) is 3.02. The molecule has 0 N–H and O–H groups in total. The monoisotopic (exact) mass is 362 g/mol. The molecule has 0 bridgehead atoms. The molecule has 132 valence electrons. The van der Waals surface area contributed by atoms with E-state index < -0.39 is 10.9 Å². The van der Waals surface area contributed by atoms with Crippen LogP contribution in [0.25, 0.3) is 0 Å². The van der Waals surface area contributed by atoms with Gasteiger partial charge in [0, 0.05) is 17.0 Å². The Bertz CT molecular complexity index is 772. The van der Waals surface area contributed by atoms with Gasteiger partial charge in [0.25, 0.3) is 5.69 Å². The summed E-state index contributed by atoms with van der Waals surface area (Å²) in [6.45, 7) is 5.82. The topological polar surface area (TPSA) is 89.8 Å². The molecule has 0 aromatic heterocycles. The van der Waals surface area contributed by atoms with Crippen LogP contribution in [-0.4, -0.2) is 27.1 Å². The minimum absolute atomic E-state index is 0.00141. The fourth-order valence-corrected chi connectivity index (χ4v) is 4.59. The van der Waals surface area contributed by atoms with Crippen LogP contribution >= 0.6 is 11.8 Å². The Kier molecular flexibility index (Phi) is 4.55. The van der Waals surface area contributed by atoms with Gasteiger partial charge in [0.1, 0.15) is 12.3 Å². The largest absolute Gasteiger partial charge is 0.456 e. The Hall–Kier alpha value is -2.35. The molecule has 1 fully saturated rings. The lowest BCUT2D eigenvalue weighted by atomic mass is 9.86. The van der Waals surface area contributed by atoms with Crippen LogP contribution in [0.5, 0.6) is 0 Å². The van der Waals surface area contributed by atoms with Crippen molar-refractivity contribution in [2.24, 2.45) is 11.8 Å². The Morgan fingerprint density at radius 3 is 2.56 bits per heavy atom. The quantitative estimate of drug-likeness (QED) is 0.346. The molecule has 3 rings (SSSR count). The summed E-state index contributed by atoms with van der Waals surface area (Å²) in [5.74, 6) is -0.419. The molecule has 1 saturated heterocycles. The highest BCUT2D eigenvalue weighted by Gasteiger charge is 2.56. The molecule has 2 atom stereocenters. The maximum Gasteiger partial charge on any atom is 0.356 e. The first-order valence-corrected chi connectivity index (χ1v) is 8.80. The minimum atomic E-state index is -0.540. The maximum absolute atomic E-state index is 12.4. The predicted molar refractivity (Wildman–Crippen MR) is 92.1 cm³/mol. The first kappa shape index (κ1) is 17.5. The SMILES string of the molecule is CC1=C(C(=O)OCc2ccc([N+](=O)[O-])cc2)N2C(=O)C(C(C)C)[C@@H]2S1. The molecule has 2 aliphatic rings. The van der Waals surface area contributed by atoms with Crippen LogP contribution in [0.3, 0.4) is 0 Å². The van der Waals surface area contributed by atoms with Gasteiger partial charge in [-0.1, -0.05) is 13.8 Å². The van der Waals surface area contributed by atoms with Crippen LogP contribution in [-0.2, 0) is 20.9 Å². The summed E-state index contributed by atoms with van der Waals surface area (Å²) in [5.41, 5.74) is 0.947. The molecule has 7 nitrogen and oxygen atoms in total. The van der Waals surface area contributed by atoms with Gasteiger partial charge >= 0.3 is 5.97 Å². The molecule has 2 heterocycles. The smallest absolute Gasteiger partial charge is 0.356 e. The Balaban J connectivity index is 1.65. The normalized spacial score (nSPS) is 22.1. The van der Waals surface area contributed by atoms with Crippen molar-refractivity contribution < 1.29 is 19.2 Å². The van der Waals surface area contributed by atoms with E-state index in [2.05, 4.69) is 0 Å². The number of nitrogens with zero attached hydrogens (tertiary/aromatic N) is 2. The van der Waals surface area contributed by atoms with Crippen molar-refractivity contribution in [1.82, 2.24) is 4.90 Å². The number of nitro groups is 1. The second-order valence-electron chi connectivity index (χ2n) is 6.39. The van der Waals surface area contributed by atoms with E-state index in [-0.39, 0.29) is 35.4 Å². The second-order valence-corrected chi connectivity index (χ2v) is 7.72. The third-order valence-electron chi connectivity index (χ3n) is 4.38. The number of thioether (sulfide) groups is 1. The molecule has 0 aliphatic carbocycles. The van der Waals surface area contributed by atoms with E-state index in [1.165, 1.54) is 28.8 Å². The second kappa shape index (κ2) is 6.51. The van der Waals surface area contributed by atoms with Crippen molar-refractivity contribution in [2.75, 3.05) is 0 Å². The molecule has 1 amide bonds. The lowest BCUT2D eigenvalue weighted by molar-refractivity contribution is -0.384. The third-order valence-corrected chi connectivity index (χ3v) is 5.68. The molecule has 0 radical (unpaired) electrons. The zero-order valence-electron chi connectivity index (χ0n) is 14.1. The van der Waals surface area contributed by atoms with E-state index in [9.17, 15) is 19.7 Å². The number of fused-ring (bicyclic) bond motifs is 1. The number of hydrogen-bond acceptors (Lipinski definition) is 6. The van der Waals surface area contributed by atoms with Gasteiger partial charge in [0.15, 0.2) is 0 Å². The standard InChI is InChI=1S/C17H18N2O5S/c1-9(2)13-15(20)18-14(10(3)25-16(13)18)17(21)24-8-11-4-6-12(7-5-11)19(22)23/h4-7,9,13,16H,8H2,1-3H3/t13?,16-/m0/s1. The van der Waals surface area contributed by atoms with Gasteiger partial charge in [0.05, 0.1) is 16.2 Å². The first-order valence-electron chi connectivity index (χ1n) is 7.92. The van der Waals surface area contributed by atoms with E-state index in [0.29, 0.717) is 11.3 Å². The van der Waals surface area contributed by atoms with Crippen molar-refractivity contribution >= 4 is 29.3 Å². The maximum atomic E-state index is 12.4. The number of β-lactam (4-membered cyclic amide) rings is 1. The number of esters is 1. The molecule has 1 aromatic carbocycles. The van der Waals surface area contributed by atoms with Crippen molar-refractivity contribution in [1.29, 1.82) is 0 Å². The number of rotatable bonds is 5. The number of amides is 1. The molecule has 1 aromatic rings. The minimum Gasteiger partial charge on any atom is -0.456 e. The van der Waals surface area contributed by atoms with Crippen LogP contribution < -0.4 is 0 Å². The van der Waals surface area contributed by atoms with Crippen LogP contribution in [0.2, 0.25) is 0 Å². The molecular weight excluding hydrogens is 344 g/mol. The number of hydrogen-bond donors (Lipinski definition) is 0. The van der Waals surface area contributed by atoms with Crippen LogP contribution in [0.1, 0.15) is 26.3 Å². The number of allylic oxidation sites excluding steroid dienone is 1. The Labute approximate surface area is 149 Å². The van der Waals surface area contributed by atoms with Gasteiger partial charge in [-0.25, -0.2) is 4.79 Å². The predicted octanol–water partition coefficient (Wildman–Crippen LogP) is 3.06. The van der Waals surface area contributed by atoms with Gasteiger partial charge < -0.3 is 4.74 Å². The fourth-order valence-electron chi connectivity index (χ4n) is 3.04. The van der Waals surface area contributed by atoms with E-state index in [4.69, 9.17) is 4.74 Å². The summed E-state index contributed by atoms with van der Waals surface area (Å²) < 4.78 is 5.31.